The van der Waals surface area contributed by atoms with Gasteiger partial charge in [0.2, 0.25) is 0 Å². The van der Waals surface area contributed by atoms with Crippen molar-refractivity contribution in [2.24, 2.45) is 5.92 Å². The first kappa shape index (κ1) is 12.3. The summed E-state index contributed by atoms with van der Waals surface area (Å²) in [5.41, 5.74) is 0.471. The standard InChI is InChI=1S/C15H14FNO2/c16-11-1-4-14(10(5-11)8-17)15(18)9-6-12-2-3-13(7-9)19-12/h1,4-5,9,12-13H,2-3,6-7H2. The van der Waals surface area contributed by atoms with E-state index in [0.717, 1.165) is 31.7 Å². The molecule has 1 aromatic carbocycles. The molecule has 0 radical (unpaired) electrons. The number of ketones is 1. The largest absolute Gasteiger partial charge is 0.375 e. The smallest absolute Gasteiger partial charge is 0.167 e. The van der Waals surface area contributed by atoms with Gasteiger partial charge in [-0.1, -0.05) is 0 Å². The van der Waals surface area contributed by atoms with Crippen LogP contribution < -0.4 is 0 Å². The van der Waals surface area contributed by atoms with E-state index in [1.165, 1.54) is 12.1 Å². The molecule has 0 spiro atoms. The summed E-state index contributed by atoms with van der Waals surface area (Å²) in [6.45, 7) is 0. The summed E-state index contributed by atoms with van der Waals surface area (Å²) in [6.07, 6.45) is 3.83. The lowest BCUT2D eigenvalue weighted by molar-refractivity contribution is -0.0149. The Kier molecular flexibility index (Phi) is 3.08. The average molecular weight is 259 g/mol. The number of benzene rings is 1. The highest BCUT2D eigenvalue weighted by molar-refractivity contribution is 6.00. The first-order valence-corrected chi connectivity index (χ1v) is 6.56. The number of Topliss-reactive ketones (excluding diaryl/α,β-unsaturated/α-hetero) is 1. The van der Waals surface area contributed by atoms with Crippen molar-refractivity contribution in [3.8, 4) is 6.07 Å². The van der Waals surface area contributed by atoms with Gasteiger partial charge in [-0.05, 0) is 43.9 Å². The minimum atomic E-state index is -0.486. The number of ether oxygens (including phenoxy) is 1. The van der Waals surface area contributed by atoms with Crippen molar-refractivity contribution in [2.45, 2.75) is 37.9 Å². The quantitative estimate of drug-likeness (QED) is 0.767. The molecule has 1 aromatic rings. The van der Waals surface area contributed by atoms with Gasteiger partial charge in [-0.2, -0.15) is 5.26 Å². The maximum Gasteiger partial charge on any atom is 0.167 e. The first-order chi connectivity index (χ1) is 9.17. The fraction of sp³-hybridized carbons (Fsp3) is 0.467. The molecule has 2 atom stereocenters. The van der Waals surface area contributed by atoms with Gasteiger partial charge in [-0.3, -0.25) is 4.79 Å². The van der Waals surface area contributed by atoms with Crippen molar-refractivity contribution in [1.82, 2.24) is 0 Å². The third-order valence-electron chi connectivity index (χ3n) is 4.03. The van der Waals surface area contributed by atoms with E-state index in [9.17, 15) is 9.18 Å². The summed E-state index contributed by atoms with van der Waals surface area (Å²) in [4.78, 5) is 12.5. The lowest BCUT2D eigenvalue weighted by Crippen LogP contribution is -2.30. The number of nitriles is 1. The fourth-order valence-corrected chi connectivity index (χ4v) is 3.12. The highest BCUT2D eigenvalue weighted by Gasteiger charge is 2.38. The SMILES string of the molecule is N#Cc1cc(F)ccc1C(=O)C1CC2CCC(C1)O2. The third kappa shape index (κ3) is 2.26. The van der Waals surface area contributed by atoms with Crippen LogP contribution >= 0.6 is 0 Å². The van der Waals surface area contributed by atoms with Gasteiger partial charge >= 0.3 is 0 Å². The zero-order valence-electron chi connectivity index (χ0n) is 10.4. The van der Waals surface area contributed by atoms with E-state index < -0.39 is 5.82 Å². The number of fused-ring (bicyclic) bond motifs is 2. The van der Waals surface area contributed by atoms with Crippen LogP contribution in [0.4, 0.5) is 4.39 Å². The number of hydrogen-bond acceptors (Lipinski definition) is 3. The molecule has 2 bridgehead atoms. The van der Waals surface area contributed by atoms with E-state index in [4.69, 9.17) is 10.00 Å². The number of carbonyl (C=O) groups is 1. The average Bonchev–Trinajstić information content (AvgIpc) is 2.76. The molecule has 3 rings (SSSR count). The third-order valence-corrected chi connectivity index (χ3v) is 4.03. The molecular formula is C15H14FNO2. The van der Waals surface area contributed by atoms with E-state index >= 15 is 0 Å². The van der Waals surface area contributed by atoms with Crippen LogP contribution in [0, 0.1) is 23.1 Å². The molecule has 0 N–H and O–H groups in total. The second kappa shape index (κ2) is 4.75. The van der Waals surface area contributed by atoms with Crippen molar-refractivity contribution in [3.05, 3.63) is 35.1 Å². The highest BCUT2D eigenvalue weighted by atomic mass is 19.1. The van der Waals surface area contributed by atoms with E-state index in [1.807, 2.05) is 6.07 Å². The highest BCUT2D eigenvalue weighted by Crippen LogP contribution is 2.37. The van der Waals surface area contributed by atoms with Gasteiger partial charge < -0.3 is 4.74 Å². The topological polar surface area (TPSA) is 50.1 Å². The maximum atomic E-state index is 13.1. The van der Waals surface area contributed by atoms with E-state index in [2.05, 4.69) is 0 Å². The summed E-state index contributed by atoms with van der Waals surface area (Å²) >= 11 is 0. The van der Waals surface area contributed by atoms with Gasteiger partial charge in [-0.15, -0.1) is 0 Å². The van der Waals surface area contributed by atoms with Crippen LogP contribution in [-0.4, -0.2) is 18.0 Å². The van der Waals surface area contributed by atoms with E-state index in [1.54, 1.807) is 0 Å². The van der Waals surface area contributed by atoms with Crippen LogP contribution in [0.2, 0.25) is 0 Å². The molecule has 2 aliphatic heterocycles. The van der Waals surface area contributed by atoms with Crippen LogP contribution in [0.3, 0.4) is 0 Å². The molecule has 2 aliphatic rings. The summed E-state index contributed by atoms with van der Waals surface area (Å²) in [6, 6.07) is 5.69. The maximum absolute atomic E-state index is 13.1. The molecule has 0 saturated carbocycles. The Morgan fingerprint density at radius 2 is 2.00 bits per heavy atom. The molecule has 2 saturated heterocycles. The Labute approximate surface area is 111 Å². The van der Waals surface area contributed by atoms with Gasteiger partial charge in [-0.25, -0.2) is 4.39 Å². The molecular weight excluding hydrogens is 245 g/mol. The zero-order chi connectivity index (χ0) is 13.4. The number of carbonyl (C=O) groups excluding carboxylic acids is 1. The second-order valence-electron chi connectivity index (χ2n) is 5.29. The summed E-state index contributed by atoms with van der Waals surface area (Å²) in [5, 5.41) is 9.01. The predicted molar refractivity (Wildman–Crippen MR) is 66.1 cm³/mol. The van der Waals surface area contributed by atoms with Crippen molar-refractivity contribution in [2.75, 3.05) is 0 Å². The molecule has 98 valence electrons. The number of halogens is 1. The van der Waals surface area contributed by atoms with Gasteiger partial charge in [0.25, 0.3) is 0 Å². The van der Waals surface area contributed by atoms with Crippen molar-refractivity contribution in [1.29, 1.82) is 5.26 Å². The van der Waals surface area contributed by atoms with Crippen LogP contribution in [-0.2, 0) is 4.74 Å². The van der Waals surface area contributed by atoms with Crippen LogP contribution in [0.15, 0.2) is 18.2 Å². The lowest BCUT2D eigenvalue weighted by atomic mass is 9.86. The molecule has 2 heterocycles. The summed E-state index contributed by atoms with van der Waals surface area (Å²) < 4.78 is 18.8. The molecule has 0 amide bonds. The minimum absolute atomic E-state index is 0.0447. The van der Waals surface area contributed by atoms with Crippen molar-refractivity contribution >= 4 is 5.78 Å². The Bertz CT molecular complexity index is 552. The summed E-state index contributed by atoms with van der Waals surface area (Å²) in [5.74, 6) is -0.624. The van der Waals surface area contributed by atoms with Crippen molar-refractivity contribution < 1.29 is 13.9 Å². The van der Waals surface area contributed by atoms with Crippen LogP contribution in [0.1, 0.15) is 41.6 Å². The molecule has 19 heavy (non-hydrogen) atoms. The molecule has 2 fully saturated rings. The van der Waals surface area contributed by atoms with Gasteiger partial charge in [0, 0.05) is 11.5 Å². The first-order valence-electron chi connectivity index (χ1n) is 6.56. The second-order valence-corrected chi connectivity index (χ2v) is 5.29. The van der Waals surface area contributed by atoms with Gasteiger partial charge in [0.1, 0.15) is 5.82 Å². The predicted octanol–water partition coefficient (Wildman–Crippen LogP) is 2.84. The Hall–Kier alpha value is -1.73. The molecule has 3 nitrogen and oxygen atoms in total. The lowest BCUT2D eigenvalue weighted by Gasteiger charge is -2.27. The Morgan fingerprint density at radius 3 is 2.63 bits per heavy atom. The normalized spacial score (nSPS) is 28.9. The van der Waals surface area contributed by atoms with E-state index in [-0.39, 0.29) is 29.5 Å². The van der Waals surface area contributed by atoms with Crippen LogP contribution in [0.25, 0.3) is 0 Å². The Balaban J connectivity index is 1.86. The molecule has 0 aliphatic carbocycles. The van der Waals surface area contributed by atoms with Gasteiger partial charge in [0.05, 0.1) is 23.8 Å². The fourth-order valence-electron chi connectivity index (χ4n) is 3.12. The van der Waals surface area contributed by atoms with Crippen LogP contribution in [0.5, 0.6) is 0 Å². The van der Waals surface area contributed by atoms with Gasteiger partial charge in [0.15, 0.2) is 5.78 Å². The number of rotatable bonds is 2. The Morgan fingerprint density at radius 1 is 1.32 bits per heavy atom. The zero-order valence-corrected chi connectivity index (χ0v) is 10.4. The van der Waals surface area contributed by atoms with E-state index in [0.29, 0.717) is 5.56 Å². The summed E-state index contributed by atoms with van der Waals surface area (Å²) in [7, 11) is 0. The minimum Gasteiger partial charge on any atom is -0.375 e. The molecule has 4 heteroatoms. The monoisotopic (exact) mass is 259 g/mol. The molecule has 2 unspecified atom stereocenters. The molecule has 0 aromatic heterocycles. The van der Waals surface area contributed by atoms with Crippen molar-refractivity contribution in [3.63, 3.8) is 0 Å². The number of hydrogen-bond donors (Lipinski definition) is 0. The number of nitrogens with zero attached hydrogens (tertiary/aromatic N) is 1.